The predicted octanol–water partition coefficient (Wildman–Crippen LogP) is 1.16. The summed E-state index contributed by atoms with van der Waals surface area (Å²) < 4.78 is 31.2. The molecule has 1 N–H and O–H groups in total. The zero-order valence-corrected chi connectivity index (χ0v) is 10.5. The van der Waals surface area contributed by atoms with Crippen LogP contribution in [-0.4, -0.2) is 30.0 Å². The second kappa shape index (κ2) is 6.04. The highest BCUT2D eigenvalue weighted by atomic mass is 19.1. The van der Waals surface area contributed by atoms with Crippen LogP contribution < -0.4 is 5.32 Å². The summed E-state index contributed by atoms with van der Waals surface area (Å²) in [5.74, 6) is -4.49. The van der Waals surface area contributed by atoms with E-state index in [0.29, 0.717) is 12.1 Å². The predicted molar refractivity (Wildman–Crippen MR) is 62.0 cm³/mol. The Kier molecular flexibility index (Phi) is 4.68. The van der Waals surface area contributed by atoms with E-state index in [4.69, 9.17) is 0 Å². The maximum Gasteiger partial charge on any atom is 0.328 e. The Labute approximate surface area is 111 Å². The number of methoxy groups -OCH3 is 1. The number of hydrogen-bond acceptors (Lipinski definition) is 5. The van der Waals surface area contributed by atoms with Gasteiger partial charge in [0.25, 0.3) is 5.91 Å². The molecule has 0 fully saturated rings. The molecule has 1 rings (SSSR count). The molecule has 0 unspecified atom stereocenters. The monoisotopic (exact) mass is 288 g/mol. The summed E-state index contributed by atoms with van der Waals surface area (Å²) >= 11 is 0. The van der Waals surface area contributed by atoms with Gasteiger partial charge in [0.15, 0.2) is 0 Å². The average molecular weight is 288 g/mol. The molecule has 1 amide bonds. The molecular weight excluding hydrogens is 278 g/mol. The van der Waals surface area contributed by atoms with Gasteiger partial charge in [0, 0.05) is 0 Å². The lowest BCUT2D eigenvalue weighted by Crippen LogP contribution is -2.39. The largest absolute Gasteiger partial charge is 0.467 e. The molecule has 20 heavy (non-hydrogen) atoms. The van der Waals surface area contributed by atoms with Crippen molar-refractivity contribution in [1.29, 1.82) is 0 Å². The summed E-state index contributed by atoms with van der Waals surface area (Å²) in [6.45, 7) is 1.28. The highest BCUT2D eigenvalue weighted by Crippen LogP contribution is 2.21. The van der Waals surface area contributed by atoms with Crippen LogP contribution in [0.2, 0.25) is 0 Å². The Balaban J connectivity index is 3.03. The molecule has 0 bridgehead atoms. The van der Waals surface area contributed by atoms with Gasteiger partial charge >= 0.3 is 11.7 Å². The second-order valence-electron chi connectivity index (χ2n) is 3.76. The summed E-state index contributed by atoms with van der Waals surface area (Å²) in [6.07, 6.45) is 0. The van der Waals surface area contributed by atoms with Crippen molar-refractivity contribution in [3.63, 3.8) is 0 Å². The number of nitro benzene ring substituents is 1. The van der Waals surface area contributed by atoms with Gasteiger partial charge in [0.1, 0.15) is 11.9 Å². The maximum atomic E-state index is 13.5. The molecular formula is C11H10F2N2O5. The van der Waals surface area contributed by atoms with E-state index in [-0.39, 0.29) is 0 Å². The molecule has 0 aliphatic heterocycles. The number of rotatable bonds is 4. The van der Waals surface area contributed by atoms with E-state index < -0.39 is 45.7 Å². The molecule has 0 saturated carbocycles. The van der Waals surface area contributed by atoms with E-state index >= 15 is 0 Å². The van der Waals surface area contributed by atoms with Crippen molar-refractivity contribution in [3.05, 3.63) is 39.4 Å². The Morgan fingerprint density at radius 3 is 2.45 bits per heavy atom. The van der Waals surface area contributed by atoms with Crippen LogP contribution >= 0.6 is 0 Å². The number of amides is 1. The van der Waals surface area contributed by atoms with Crippen molar-refractivity contribution in [1.82, 2.24) is 5.32 Å². The molecule has 1 aromatic rings. The van der Waals surface area contributed by atoms with Gasteiger partial charge in [-0.1, -0.05) is 0 Å². The number of esters is 1. The Hall–Kier alpha value is -2.58. The van der Waals surface area contributed by atoms with Gasteiger partial charge in [0.05, 0.1) is 23.7 Å². The third-order valence-corrected chi connectivity index (χ3v) is 2.38. The SMILES string of the molecule is COC(=O)[C@H](C)NC(=O)c1cc(F)c([N+](=O)[O-])cc1F. The van der Waals surface area contributed by atoms with Crippen LogP contribution in [0.1, 0.15) is 17.3 Å². The van der Waals surface area contributed by atoms with Gasteiger partial charge in [-0.2, -0.15) is 4.39 Å². The standard InChI is InChI=1S/C11H10F2N2O5/c1-5(11(17)20-2)14-10(16)6-3-8(13)9(15(18)19)4-7(6)12/h3-5H,1-2H3,(H,14,16)/t5-/m0/s1. The first kappa shape index (κ1) is 15.5. The molecule has 7 nitrogen and oxygen atoms in total. The lowest BCUT2D eigenvalue weighted by Gasteiger charge is -2.11. The average Bonchev–Trinajstić information content (AvgIpc) is 2.39. The number of nitro groups is 1. The third kappa shape index (κ3) is 3.25. The molecule has 0 radical (unpaired) electrons. The Morgan fingerprint density at radius 1 is 1.35 bits per heavy atom. The first-order valence-electron chi connectivity index (χ1n) is 5.30. The minimum atomic E-state index is -1.35. The highest BCUT2D eigenvalue weighted by molar-refractivity contribution is 5.97. The molecule has 108 valence electrons. The minimum Gasteiger partial charge on any atom is -0.467 e. The van der Waals surface area contributed by atoms with Crippen LogP contribution in [0.25, 0.3) is 0 Å². The zero-order valence-electron chi connectivity index (χ0n) is 10.5. The summed E-state index contributed by atoms with van der Waals surface area (Å²) in [7, 11) is 1.09. The lowest BCUT2D eigenvalue weighted by atomic mass is 10.1. The molecule has 0 aliphatic carbocycles. The summed E-state index contributed by atoms with van der Waals surface area (Å²) in [5.41, 5.74) is -1.83. The molecule has 1 atom stereocenters. The fraction of sp³-hybridized carbons (Fsp3) is 0.273. The van der Waals surface area contributed by atoms with Crippen molar-refractivity contribution in [2.45, 2.75) is 13.0 Å². The molecule has 0 heterocycles. The van der Waals surface area contributed by atoms with Crippen molar-refractivity contribution in [3.8, 4) is 0 Å². The first-order chi connectivity index (χ1) is 9.27. The van der Waals surface area contributed by atoms with Crippen molar-refractivity contribution < 1.29 is 28.0 Å². The lowest BCUT2D eigenvalue weighted by molar-refractivity contribution is -0.387. The fourth-order valence-electron chi connectivity index (χ4n) is 1.36. The number of hydrogen-bond donors (Lipinski definition) is 1. The van der Waals surface area contributed by atoms with E-state index in [1.165, 1.54) is 6.92 Å². The van der Waals surface area contributed by atoms with Crippen LogP contribution in [0.5, 0.6) is 0 Å². The van der Waals surface area contributed by atoms with Gasteiger partial charge in [-0.25, -0.2) is 9.18 Å². The van der Waals surface area contributed by atoms with Crippen LogP contribution in [0, 0.1) is 21.7 Å². The number of benzene rings is 1. The van der Waals surface area contributed by atoms with E-state index in [1.54, 1.807) is 0 Å². The molecule has 0 aliphatic rings. The molecule has 1 aromatic carbocycles. The van der Waals surface area contributed by atoms with E-state index in [2.05, 4.69) is 10.1 Å². The quantitative estimate of drug-likeness (QED) is 0.509. The summed E-state index contributed by atoms with van der Waals surface area (Å²) in [5, 5.41) is 12.5. The van der Waals surface area contributed by atoms with Gasteiger partial charge in [0.2, 0.25) is 5.82 Å². The van der Waals surface area contributed by atoms with Crippen LogP contribution in [0.4, 0.5) is 14.5 Å². The van der Waals surface area contributed by atoms with Crippen molar-refractivity contribution in [2.24, 2.45) is 0 Å². The van der Waals surface area contributed by atoms with Gasteiger partial charge in [-0.05, 0) is 13.0 Å². The zero-order chi connectivity index (χ0) is 15.4. The number of carbonyl (C=O) groups excluding carboxylic acids is 2. The van der Waals surface area contributed by atoms with Gasteiger partial charge in [-0.3, -0.25) is 14.9 Å². The van der Waals surface area contributed by atoms with Gasteiger partial charge < -0.3 is 10.1 Å². The van der Waals surface area contributed by atoms with Crippen molar-refractivity contribution in [2.75, 3.05) is 7.11 Å². The summed E-state index contributed by atoms with van der Waals surface area (Å²) in [6, 6.07) is -0.384. The number of carbonyl (C=O) groups is 2. The van der Waals surface area contributed by atoms with Crippen LogP contribution in [0.15, 0.2) is 12.1 Å². The Morgan fingerprint density at radius 2 is 1.95 bits per heavy atom. The number of nitrogens with zero attached hydrogens (tertiary/aromatic N) is 1. The Bertz CT molecular complexity index is 576. The first-order valence-corrected chi connectivity index (χ1v) is 5.30. The molecule has 0 spiro atoms. The minimum absolute atomic E-state index is 0.299. The van der Waals surface area contributed by atoms with E-state index in [9.17, 15) is 28.5 Å². The maximum absolute atomic E-state index is 13.5. The summed E-state index contributed by atoms with van der Waals surface area (Å²) in [4.78, 5) is 32.0. The number of halogens is 2. The molecule has 9 heteroatoms. The van der Waals surface area contributed by atoms with Crippen LogP contribution in [-0.2, 0) is 9.53 Å². The highest BCUT2D eigenvalue weighted by Gasteiger charge is 2.24. The smallest absolute Gasteiger partial charge is 0.328 e. The number of ether oxygens (including phenoxy) is 1. The second-order valence-corrected chi connectivity index (χ2v) is 3.76. The van der Waals surface area contributed by atoms with Crippen LogP contribution in [0.3, 0.4) is 0 Å². The topological polar surface area (TPSA) is 98.5 Å². The van der Waals surface area contributed by atoms with E-state index in [0.717, 1.165) is 7.11 Å². The fourth-order valence-corrected chi connectivity index (χ4v) is 1.36. The number of nitrogens with one attached hydrogen (secondary N) is 1. The molecule has 0 saturated heterocycles. The van der Waals surface area contributed by atoms with Crippen molar-refractivity contribution >= 4 is 17.6 Å². The van der Waals surface area contributed by atoms with Gasteiger partial charge in [-0.15, -0.1) is 0 Å². The third-order valence-electron chi connectivity index (χ3n) is 2.38. The molecule has 0 aromatic heterocycles. The normalized spacial score (nSPS) is 11.6. The van der Waals surface area contributed by atoms with E-state index in [1.807, 2.05) is 0 Å².